The van der Waals surface area contributed by atoms with E-state index in [1.54, 1.807) is 0 Å². The number of carbonyl (C=O) groups excluding carboxylic acids is 1. The van der Waals surface area contributed by atoms with E-state index in [1.165, 1.54) is 0 Å². The Balaban J connectivity index is 2.03. The van der Waals surface area contributed by atoms with Gasteiger partial charge in [-0.3, -0.25) is 4.79 Å². The summed E-state index contributed by atoms with van der Waals surface area (Å²) in [4.78, 5) is 11.7. The number of hydrogen-bond acceptors (Lipinski definition) is 5. The number of benzene rings is 1. The zero-order valence-corrected chi connectivity index (χ0v) is 16.7. The molecule has 1 amide bonds. The van der Waals surface area contributed by atoms with Crippen LogP contribution < -0.4 is 5.32 Å². The van der Waals surface area contributed by atoms with Gasteiger partial charge in [0.05, 0.1) is 33.0 Å². The Morgan fingerprint density at radius 1 is 1.04 bits per heavy atom. The van der Waals surface area contributed by atoms with Gasteiger partial charge in [-0.15, -0.1) is 0 Å². The van der Waals surface area contributed by atoms with Crippen LogP contribution in [0, 0.1) is 5.92 Å². The summed E-state index contributed by atoms with van der Waals surface area (Å²) in [6.07, 6.45) is 2.29. The molecule has 0 unspecified atom stereocenters. The molecule has 0 heterocycles. The van der Waals surface area contributed by atoms with Crippen molar-refractivity contribution in [2.24, 2.45) is 5.92 Å². The average Bonchev–Trinajstić information content (AvgIpc) is 2.64. The summed E-state index contributed by atoms with van der Waals surface area (Å²) in [5, 5.41) is 11.6. The highest BCUT2D eigenvalue weighted by atomic mass is 16.5. The zero-order valence-electron chi connectivity index (χ0n) is 16.7. The minimum absolute atomic E-state index is 0.0275. The summed E-state index contributed by atoms with van der Waals surface area (Å²) >= 11 is 0. The Kier molecular flexibility index (Phi) is 13.6. The Morgan fingerprint density at radius 2 is 1.74 bits per heavy atom. The third-order valence-corrected chi connectivity index (χ3v) is 3.87. The van der Waals surface area contributed by atoms with Gasteiger partial charge in [-0.2, -0.15) is 0 Å². The normalized spacial score (nSPS) is 11.1. The summed E-state index contributed by atoms with van der Waals surface area (Å²) in [5.41, 5.74) is 2.11. The Labute approximate surface area is 163 Å². The maximum absolute atomic E-state index is 11.7. The van der Waals surface area contributed by atoms with Crippen molar-refractivity contribution in [1.82, 2.24) is 5.32 Å². The van der Waals surface area contributed by atoms with Crippen molar-refractivity contribution >= 4 is 5.91 Å². The van der Waals surface area contributed by atoms with Crippen LogP contribution in [0.3, 0.4) is 0 Å². The molecule has 2 N–H and O–H groups in total. The predicted octanol–water partition coefficient (Wildman–Crippen LogP) is 2.67. The van der Waals surface area contributed by atoms with Gasteiger partial charge >= 0.3 is 0 Å². The van der Waals surface area contributed by atoms with Crippen LogP contribution in [0.1, 0.15) is 44.2 Å². The molecule has 0 fully saturated rings. The van der Waals surface area contributed by atoms with Crippen LogP contribution >= 0.6 is 0 Å². The van der Waals surface area contributed by atoms with Crippen molar-refractivity contribution < 1.29 is 24.1 Å². The van der Waals surface area contributed by atoms with E-state index in [-0.39, 0.29) is 12.5 Å². The molecule has 0 radical (unpaired) electrons. The van der Waals surface area contributed by atoms with E-state index < -0.39 is 0 Å². The lowest BCUT2D eigenvalue weighted by Gasteiger charge is -2.09. The Hall–Kier alpha value is -1.47. The second-order valence-corrected chi connectivity index (χ2v) is 6.90. The largest absolute Gasteiger partial charge is 0.394 e. The molecule has 6 nitrogen and oxygen atoms in total. The molecule has 1 aromatic carbocycles. The number of nitrogens with one attached hydrogen (secondary N) is 1. The van der Waals surface area contributed by atoms with Gasteiger partial charge in [-0.25, -0.2) is 0 Å². The highest BCUT2D eigenvalue weighted by Gasteiger charge is 2.02. The van der Waals surface area contributed by atoms with Gasteiger partial charge in [-0.1, -0.05) is 38.1 Å². The lowest BCUT2D eigenvalue weighted by atomic mass is 10.1. The molecular weight excluding hydrogens is 346 g/mol. The molecule has 0 aromatic heterocycles. The summed E-state index contributed by atoms with van der Waals surface area (Å²) in [7, 11) is 0. The quantitative estimate of drug-likeness (QED) is 0.431. The molecule has 0 saturated carbocycles. The monoisotopic (exact) mass is 381 g/mol. The van der Waals surface area contributed by atoms with Gasteiger partial charge in [0, 0.05) is 26.2 Å². The number of amides is 1. The number of carbonyl (C=O) groups is 1. The third-order valence-electron chi connectivity index (χ3n) is 3.87. The van der Waals surface area contributed by atoms with E-state index in [2.05, 4.69) is 19.2 Å². The summed E-state index contributed by atoms with van der Waals surface area (Å²) < 4.78 is 16.4. The highest BCUT2D eigenvalue weighted by molar-refractivity contribution is 5.75. The first kappa shape index (κ1) is 23.6. The van der Waals surface area contributed by atoms with Crippen LogP contribution in [0.25, 0.3) is 0 Å². The molecule has 0 aliphatic carbocycles. The van der Waals surface area contributed by atoms with Gasteiger partial charge in [-0.05, 0) is 29.9 Å². The SMILES string of the molecule is CC(C)CCOCCCC(=O)NCCOCc1cccc(COCCO)c1. The van der Waals surface area contributed by atoms with Crippen molar-refractivity contribution in [1.29, 1.82) is 0 Å². The molecule has 154 valence electrons. The van der Waals surface area contributed by atoms with Crippen LogP contribution in [0.15, 0.2) is 24.3 Å². The van der Waals surface area contributed by atoms with E-state index in [4.69, 9.17) is 19.3 Å². The summed E-state index contributed by atoms with van der Waals surface area (Å²) in [6, 6.07) is 7.96. The van der Waals surface area contributed by atoms with Crippen LogP contribution in [0.5, 0.6) is 0 Å². The van der Waals surface area contributed by atoms with Crippen LogP contribution in [0.2, 0.25) is 0 Å². The van der Waals surface area contributed by atoms with Crippen molar-refractivity contribution in [3.05, 3.63) is 35.4 Å². The number of rotatable bonds is 16. The first-order valence-electron chi connectivity index (χ1n) is 9.80. The van der Waals surface area contributed by atoms with Gasteiger partial charge < -0.3 is 24.6 Å². The Morgan fingerprint density at radius 3 is 2.41 bits per heavy atom. The fourth-order valence-electron chi connectivity index (χ4n) is 2.36. The minimum atomic E-state index is 0.0275. The molecule has 0 spiro atoms. The first-order valence-corrected chi connectivity index (χ1v) is 9.80. The molecule has 0 atom stereocenters. The number of aliphatic hydroxyl groups excluding tert-OH is 1. The average molecular weight is 382 g/mol. The standard InChI is InChI=1S/C21H35NO5/c1-18(2)8-12-25-11-4-7-21(24)22-9-13-26-16-19-5-3-6-20(15-19)17-27-14-10-23/h3,5-6,15,18,23H,4,7-14,16-17H2,1-2H3,(H,22,24). The lowest BCUT2D eigenvalue weighted by molar-refractivity contribution is -0.121. The Bertz CT molecular complexity index is 507. The predicted molar refractivity (Wildman–Crippen MR) is 105 cm³/mol. The number of hydrogen-bond donors (Lipinski definition) is 2. The first-order chi connectivity index (χ1) is 13.1. The van der Waals surface area contributed by atoms with Crippen LogP contribution in [-0.4, -0.2) is 50.6 Å². The molecule has 0 saturated heterocycles. The van der Waals surface area contributed by atoms with Gasteiger partial charge in [0.2, 0.25) is 5.91 Å². The second kappa shape index (κ2) is 15.6. The highest BCUT2D eigenvalue weighted by Crippen LogP contribution is 2.08. The topological polar surface area (TPSA) is 77.0 Å². The smallest absolute Gasteiger partial charge is 0.220 e. The molecular formula is C21H35NO5. The number of aliphatic hydroxyl groups is 1. The molecule has 27 heavy (non-hydrogen) atoms. The van der Waals surface area contributed by atoms with Crippen molar-refractivity contribution in [3.63, 3.8) is 0 Å². The van der Waals surface area contributed by atoms with Crippen molar-refractivity contribution in [3.8, 4) is 0 Å². The zero-order chi connectivity index (χ0) is 19.7. The fourth-order valence-corrected chi connectivity index (χ4v) is 2.36. The third kappa shape index (κ3) is 13.4. The summed E-state index contributed by atoms with van der Waals surface area (Å²) in [6.45, 7) is 8.06. The molecule has 0 aliphatic heterocycles. The van der Waals surface area contributed by atoms with E-state index in [9.17, 15) is 4.79 Å². The second-order valence-electron chi connectivity index (χ2n) is 6.90. The van der Waals surface area contributed by atoms with E-state index in [1.807, 2.05) is 24.3 Å². The molecule has 1 aromatic rings. The van der Waals surface area contributed by atoms with E-state index >= 15 is 0 Å². The molecule has 0 aliphatic rings. The lowest BCUT2D eigenvalue weighted by Crippen LogP contribution is -2.27. The van der Waals surface area contributed by atoms with Gasteiger partial charge in [0.25, 0.3) is 0 Å². The van der Waals surface area contributed by atoms with E-state index in [0.717, 1.165) is 30.6 Å². The molecule has 1 rings (SSSR count). The maximum atomic E-state index is 11.7. The van der Waals surface area contributed by atoms with Crippen molar-refractivity contribution in [2.45, 2.75) is 46.3 Å². The van der Waals surface area contributed by atoms with Crippen LogP contribution in [0.4, 0.5) is 0 Å². The van der Waals surface area contributed by atoms with Crippen molar-refractivity contribution in [2.75, 3.05) is 39.6 Å². The van der Waals surface area contributed by atoms with Crippen LogP contribution in [-0.2, 0) is 32.2 Å². The van der Waals surface area contributed by atoms with Gasteiger partial charge in [0.15, 0.2) is 0 Å². The van der Waals surface area contributed by atoms with Gasteiger partial charge in [0.1, 0.15) is 0 Å². The molecule has 0 bridgehead atoms. The molecule has 6 heteroatoms. The maximum Gasteiger partial charge on any atom is 0.220 e. The van der Waals surface area contributed by atoms with E-state index in [0.29, 0.717) is 51.9 Å². The summed E-state index contributed by atoms with van der Waals surface area (Å²) in [5.74, 6) is 0.685. The number of ether oxygens (including phenoxy) is 3. The fraction of sp³-hybridized carbons (Fsp3) is 0.667. The minimum Gasteiger partial charge on any atom is -0.394 e.